The summed E-state index contributed by atoms with van der Waals surface area (Å²) in [5, 5.41) is 6.33. The van der Waals surface area contributed by atoms with E-state index in [9.17, 15) is 18.0 Å². The highest BCUT2D eigenvalue weighted by Crippen LogP contribution is 2.11. The molecule has 0 saturated heterocycles. The van der Waals surface area contributed by atoms with Crippen LogP contribution in [0.3, 0.4) is 0 Å². The number of unbranched alkanes of at least 4 members (excludes halogenated alkanes) is 4. The van der Waals surface area contributed by atoms with Crippen LogP contribution in [0, 0.1) is 5.92 Å². The van der Waals surface area contributed by atoms with Gasteiger partial charge in [0.15, 0.2) is 5.25 Å². The minimum Gasteiger partial charge on any atom is -0.481 e. The lowest BCUT2D eigenvalue weighted by atomic mass is 10.0. The molecule has 0 amide bonds. The maximum atomic E-state index is 11.4. The van der Waals surface area contributed by atoms with E-state index in [2.05, 4.69) is 23.6 Å². The summed E-state index contributed by atoms with van der Waals surface area (Å²) in [6, 6.07) is 0. The normalized spacial score (nSPS) is 13.0. The quantitative estimate of drug-likeness (QED) is 0.223. The number of carboxylic acid groups (broad SMARTS) is 1. The molecule has 136 valence electrons. The van der Waals surface area contributed by atoms with Gasteiger partial charge in [0.1, 0.15) is 0 Å². The summed E-state index contributed by atoms with van der Waals surface area (Å²) in [6.07, 6.45) is 4.92. The van der Waals surface area contributed by atoms with Gasteiger partial charge in [-0.15, -0.1) is 0 Å². The van der Waals surface area contributed by atoms with Crippen molar-refractivity contribution in [2.45, 2.75) is 64.0 Å². The van der Waals surface area contributed by atoms with Gasteiger partial charge >= 0.3 is 11.9 Å². The molecule has 2 N–H and O–H groups in total. The summed E-state index contributed by atoms with van der Waals surface area (Å²) in [4.78, 5) is 30.7. The largest absolute Gasteiger partial charge is 0.481 e. The Hall–Kier alpha value is -1.19. The Morgan fingerprint density at radius 1 is 1.04 bits per heavy atom. The van der Waals surface area contributed by atoms with Crippen LogP contribution in [-0.4, -0.2) is 41.9 Å². The van der Waals surface area contributed by atoms with Crippen molar-refractivity contribution >= 4 is 22.1 Å². The summed E-state index contributed by atoms with van der Waals surface area (Å²) >= 11 is 0. The molecule has 0 aliphatic heterocycles. The summed E-state index contributed by atoms with van der Waals surface area (Å²) in [5.74, 6) is -2.29. The van der Waals surface area contributed by atoms with Crippen molar-refractivity contribution < 1.29 is 37.4 Å². The average molecular weight is 354 g/mol. The van der Waals surface area contributed by atoms with E-state index in [0.717, 1.165) is 19.3 Å². The third-order valence-corrected chi connectivity index (χ3v) is 4.21. The van der Waals surface area contributed by atoms with E-state index in [1.807, 2.05) is 0 Å². The predicted octanol–water partition coefficient (Wildman–Crippen LogP) is 2.19. The Kier molecular flexibility index (Phi) is 10.8. The van der Waals surface area contributed by atoms with E-state index in [4.69, 9.17) is 9.66 Å². The molecule has 0 aromatic rings. The molecular weight excluding hydrogens is 328 g/mol. The molecule has 0 spiro atoms. The molecule has 0 radical (unpaired) electrons. The maximum absolute atomic E-state index is 11.4. The summed E-state index contributed by atoms with van der Waals surface area (Å²) in [5.41, 5.74) is 0. The topological polar surface area (TPSA) is 127 Å². The van der Waals surface area contributed by atoms with E-state index in [1.54, 1.807) is 0 Å². The van der Waals surface area contributed by atoms with Crippen molar-refractivity contribution in [2.24, 2.45) is 5.92 Å². The molecule has 8 nitrogen and oxygen atoms in total. The molecule has 9 heteroatoms. The molecule has 0 aromatic carbocycles. The van der Waals surface area contributed by atoms with Crippen LogP contribution in [-0.2, 0) is 29.5 Å². The van der Waals surface area contributed by atoms with Gasteiger partial charge in [0.2, 0.25) is 0 Å². The maximum Gasteiger partial charge on any atom is 0.363 e. The molecule has 0 aliphatic rings. The molecule has 0 bridgehead atoms. The zero-order valence-electron chi connectivity index (χ0n) is 13.6. The lowest BCUT2D eigenvalue weighted by Crippen LogP contribution is -2.34. The number of aliphatic carboxylic acids is 1. The Morgan fingerprint density at radius 2 is 1.61 bits per heavy atom. The second-order valence-corrected chi connectivity index (χ2v) is 7.38. The van der Waals surface area contributed by atoms with Crippen LogP contribution >= 0.6 is 0 Å². The molecule has 1 unspecified atom stereocenters. The Bertz CT molecular complexity index is 457. The van der Waals surface area contributed by atoms with Crippen LogP contribution in [0.5, 0.6) is 0 Å². The molecule has 0 saturated carbocycles. The van der Waals surface area contributed by atoms with Gasteiger partial charge in [-0.25, -0.2) is 4.79 Å². The number of carbonyl (C=O) groups is 2. The van der Waals surface area contributed by atoms with E-state index < -0.39 is 33.7 Å². The van der Waals surface area contributed by atoms with Crippen molar-refractivity contribution in [2.75, 3.05) is 6.61 Å². The average Bonchev–Trinajstić information content (AvgIpc) is 2.41. The predicted molar refractivity (Wildman–Crippen MR) is 82.2 cm³/mol. The molecule has 0 rings (SSSR count). The minimum absolute atomic E-state index is 0.0845. The van der Waals surface area contributed by atoms with E-state index >= 15 is 0 Å². The van der Waals surface area contributed by atoms with Gasteiger partial charge in [0.05, 0.1) is 13.0 Å². The van der Waals surface area contributed by atoms with Gasteiger partial charge in [0, 0.05) is 0 Å². The zero-order valence-corrected chi connectivity index (χ0v) is 14.4. The zero-order chi connectivity index (χ0) is 17.9. The number of hydrogen-bond acceptors (Lipinski definition) is 6. The summed E-state index contributed by atoms with van der Waals surface area (Å²) in [7, 11) is -4.86. The molecule has 0 aromatic heterocycles. The van der Waals surface area contributed by atoms with E-state index in [-0.39, 0.29) is 6.61 Å². The first-order valence-corrected chi connectivity index (χ1v) is 9.16. The van der Waals surface area contributed by atoms with Crippen LogP contribution in [0.4, 0.5) is 0 Å². The molecule has 0 fully saturated rings. The van der Waals surface area contributed by atoms with Crippen molar-refractivity contribution in [1.29, 1.82) is 0 Å². The summed E-state index contributed by atoms with van der Waals surface area (Å²) in [6.45, 7) is 4.43. The second kappa shape index (κ2) is 11.4. The van der Waals surface area contributed by atoms with Crippen molar-refractivity contribution in [1.82, 2.24) is 0 Å². The van der Waals surface area contributed by atoms with Crippen LogP contribution in [0.25, 0.3) is 0 Å². The van der Waals surface area contributed by atoms with E-state index in [1.165, 1.54) is 12.8 Å². The summed E-state index contributed by atoms with van der Waals surface area (Å²) < 4.78 is 30.7. The first kappa shape index (κ1) is 21.8. The molecule has 1 atom stereocenters. The fraction of sp³-hybridized carbons (Fsp3) is 0.857. The lowest BCUT2D eigenvalue weighted by molar-refractivity contribution is -0.272. The molecule has 0 heterocycles. The highest BCUT2D eigenvalue weighted by molar-refractivity contribution is 7.87. The van der Waals surface area contributed by atoms with E-state index in [0.29, 0.717) is 12.3 Å². The third-order valence-electron chi connectivity index (χ3n) is 3.13. The van der Waals surface area contributed by atoms with Crippen LogP contribution in [0.15, 0.2) is 0 Å². The standard InChI is InChI=1S/C14H26O8S/c1-11(2)8-6-4-3-5-7-9-21-22-14(17)12(10-13(15)16)23(18,19)20/h11-12H,3-10H2,1-2H3,(H,15,16)(H,18,19,20). The number of carbonyl (C=O) groups excluding carboxylic acids is 1. The SMILES string of the molecule is CC(C)CCCCCCCOOC(=O)C(CC(=O)O)S(=O)(=O)O. The molecular formula is C14H26O8S. The van der Waals surface area contributed by atoms with Crippen molar-refractivity contribution in [3.63, 3.8) is 0 Å². The number of carboxylic acids is 1. The van der Waals surface area contributed by atoms with Crippen LogP contribution < -0.4 is 0 Å². The van der Waals surface area contributed by atoms with Gasteiger partial charge < -0.3 is 5.11 Å². The van der Waals surface area contributed by atoms with Gasteiger partial charge in [-0.05, 0) is 12.3 Å². The van der Waals surface area contributed by atoms with Gasteiger partial charge in [-0.3, -0.25) is 14.2 Å². The first-order chi connectivity index (χ1) is 10.6. The Labute approximate surface area is 136 Å². The van der Waals surface area contributed by atoms with Gasteiger partial charge in [0.25, 0.3) is 10.1 Å². The fourth-order valence-corrected chi connectivity index (χ4v) is 2.50. The lowest BCUT2D eigenvalue weighted by Gasteiger charge is -2.10. The van der Waals surface area contributed by atoms with Crippen molar-refractivity contribution in [3.05, 3.63) is 0 Å². The third kappa shape index (κ3) is 12.0. The van der Waals surface area contributed by atoms with Crippen molar-refractivity contribution in [3.8, 4) is 0 Å². The second-order valence-electron chi connectivity index (χ2n) is 5.78. The fourth-order valence-electron chi connectivity index (χ4n) is 1.87. The number of hydrogen-bond donors (Lipinski definition) is 2. The highest BCUT2D eigenvalue weighted by atomic mass is 32.2. The number of rotatable bonds is 13. The first-order valence-electron chi connectivity index (χ1n) is 7.66. The minimum atomic E-state index is -4.86. The van der Waals surface area contributed by atoms with Gasteiger partial charge in [-0.1, -0.05) is 46.0 Å². The highest BCUT2D eigenvalue weighted by Gasteiger charge is 2.35. The van der Waals surface area contributed by atoms with Crippen LogP contribution in [0.1, 0.15) is 58.8 Å². The monoisotopic (exact) mass is 354 g/mol. The molecule has 23 heavy (non-hydrogen) atoms. The van der Waals surface area contributed by atoms with Gasteiger partial charge in [-0.2, -0.15) is 13.3 Å². The van der Waals surface area contributed by atoms with Crippen LogP contribution in [0.2, 0.25) is 0 Å². The smallest absolute Gasteiger partial charge is 0.363 e. The Morgan fingerprint density at radius 3 is 2.13 bits per heavy atom. The molecule has 0 aliphatic carbocycles. The Balaban J connectivity index is 3.86.